The summed E-state index contributed by atoms with van der Waals surface area (Å²) in [5.74, 6) is -0.868. The molecule has 3 rings (SSSR count). The van der Waals surface area contributed by atoms with Gasteiger partial charge in [-0.1, -0.05) is 12.2 Å². The van der Waals surface area contributed by atoms with Gasteiger partial charge in [0.2, 0.25) is 5.91 Å². The van der Waals surface area contributed by atoms with Gasteiger partial charge in [0.05, 0.1) is 17.7 Å². The molecular formula is C22H28F3N3O3. The number of carbonyl (C=O) groups is 2. The minimum atomic E-state index is -4.87. The van der Waals surface area contributed by atoms with Crippen LogP contribution in [0, 0.1) is 6.92 Å². The van der Waals surface area contributed by atoms with Gasteiger partial charge in [0, 0.05) is 37.8 Å². The summed E-state index contributed by atoms with van der Waals surface area (Å²) in [5.41, 5.74) is -1.04. The molecule has 0 bridgehead atoms. The van der Waals surface area contributed by atoms with Crippen molar-refractivity contribution in [3.63, 3.8) is 0 Å². The number of aryl methyl sites for hydroxylation is 1. The first-order valence-electron chi connectivity index (χ1n) is 10.5. The van der Waals surface area contributed by atoms with E-state index in [0.717, 1.165) is 12.1 Å². The van der Waals surface area contributed by atoms with Crippen LogP contribution < -0.4 is 0 Å². The number of hydrogen-bond acceptors (Lipinski definition) is 4. The van der Waals surface area contributed by atoms with Crippen molar-refractivity contribution in [2.24, 2.45) is 0 Å². The van der Waals surface area contributed by atoms with E-state index in [1.165, 1.54) is 4.90 Å². The Labute approximate surface area is 179 Å². The molecule has 0 radical (unpaired) electrons. The molecule has 2 amide bonds. The highest BCUT2D eigenvalue weighted by molar-refractivity contribution is 5.95. The molecule has 1 N–H and O–H groups in total. The number of piperidine rings is 1. The predicted molar refractivity (Wildman–Crippen MR) is 108 cm³/mol. The fourth-order valence-electron chi connectivity index (χ4n) is 3.97. The molecule has 6 nitrogen and oxygen atoms in total. The lowest BCUT2D eigenvalue weighted by Crippen LogP contribution is -2.48. The maximum absolute atomic E-state index is 13.1. The Kier molecular flexibility index (Phi) is 6.73. The normalized spacial score (nSPS) is 19.9. The van der Waals surface area contributed by atoms with Crippen molar-refractivity contribution in [3.05, 3.63) is 41.2 Å². The smallest absolute Gasteiger partial charge is 0.380 e. The summed E-state index contributed by atoms with van der Waals surface area (Å²) in [6, 6.07) is 3.59. The van der Waals surface area contributed by atoms with Crippen molar-refractivity contribution in [2.45, 2.75) is 57.2 Å². The van der Waals surface area contributed by atoms with Crippen LogP contribution in [0.15, 0.2) is 24.3 Å². The number of alkyl halides is 3. The maximum Gasteiger partial charge on any atom is 0.417 e. The zero-order valence-electron chi connectivity index (χ0n) is 17.8. The highest BCUT2D eigenvalue weighted by Gasteiger charge is 2.51. The fraction of sp³-hybridized carbons (Fsp3) is 0.591. The van der Waals surface area contributed by atoms with E-state index in [-0.39, 0.29) is 24.9 Å². The second-order valence-electron chi connectivity index (χ2n) is 8.50. The quantitative estimate of drug-likeness (QED) is 0.732. The van der Waals surface area contributed by atoms with E-state index in [2.05, 4.69) is 4.98 Å². The van der Waals surface area contributed by atoms with E-state index in [9.17, 15) is 27.9 Å². The third kappa shape index (κ3) is 5.26. The molecule has 1 aromatic rings. The van der Waals surface area contributed by atoms with Crippen molar-refractivity contribution in [1.29, 1.82) is 0 Å². The Hall–Kier alpha value is -2.42. The number of likely N-dealkylation sites (tertiary alicyclic amines) is 1. The molecule has 1 unspecified atom stereocenters. The minimum absolute atomic E-state index is 0.0636. The maximum atomic E-state index is 13.1. The lowest BCUT2D eigenvalue weighted by atomic mass is 9.89. The van der Waals surface area contributed by atoms with Crippen molar-refractivity contribution >= 4 is 11.8 Å². The molecular weight excluding hydrogens is 411 g/mol. The van der Waals surface area contributed by atoms with Crippen molar-refractivity contribution < 1.29 is 27.9 Å². The van der Waals surface area contributed by atoms with E-state index in [1.807, 2.05) is 19.1 Å². The van der Waals surface area contributed by atoms with Gasteiger partial charge in [-0.3, -0.25) is 14.6 Å². The van der Waals surface area contributed by atoms with Gasteiger partial charge >= 0.3 is 6.18 Å². The van der Waals surface area contributed by atoms with Gasteiger partial charge in [-0.05, 0) is 45.2 Å². The molecule has 0 aromatic carbocycles. The van der Waals surface area contributed by atoms with E-state index < -0.39 is 24.1 Å². The highest BCUT2D eigenvalue weighted by Crippen LogP contribution is 2.35. The lowest BCUT2D eigenvalue weighted by molar-refractivity contribution is -0.254. The summed E-state index contributed by atoms with van der Waals surface area (Å²) in [6.07, 6.45) is -0.0687. The van der Waals surface area contributed by atoms with Crippen LogP contribution in [-0.2, 0) is 4.79 Å². The molecule has 2 aliphatic rings. The predicted octanol–water partition coefficient (Wildman–Crippen LogP) is 3.20. The second kappa shape index (κ2) is 8.98. The highest BCUT2D eigenvalue weighted by atomic mass is 19.4. The molecule has 3 heterocycles. The van der Waals surface area contributed by atoms with Crippen molar-refractivity contribution in [3.8, 4) is 0 Å². The molecule has 1 aromatic heterocycles. The van der Waals surface area contributed by atoms with Crippen molar-refractivity contribution in [2.75, 3.05) is 26.2 Å². The first kappa shape index (κ1) is 23.2. The number of carbonyl (C=O) groups excluding carboxylic acids is 2. The van der Waals surface area contributed by atoms with Crippen LogP contribution in [0.3, 0.4) is 0 Å². The van der Waals surface area contributed by atoms with E-state index >= 15 is 0 Å². The molecule has 1 fully saturated rings. The van der Waals surface area contributed by atoms with E-state index in [1.54, 1.807) is 17.0 Å². The number of halogens is 3. The number of nitrogens with zero attached hydrogens (tertiary/aromatic N) is 3. The van der Waals surface area contributed by atoms with Crippen LogP contribution in [-0.4, -0.2) is 69.7 Å². The summed E-state index contributed by atoms with van der Waals surface area (Å²) in [7, 11) is 0. The first-order valence-corrected chi connectivity index (χ1v) is 10.5. The van der Waals surface area contributed by atoms with Gasteiger partial charge in [0.1, 0.15) is 0 Å². The molecule has 9 heteroatoms. The average Bonchev–Trinajstić information content (AvgIpc) is 2.73. The Balaban J connectivity index is 1.69. The number of amides is 2. The Morgan fingerprint density at radius 3 is 2.39 bits per heavy atom. The third-order valence-corrected chi connectivity index (χ3v) is 5.98. The zero-order valence-corrected chi connectivity index (χ0v) is 17.8. The summed E-state index contributed by atoms with van der Waals surface area (Å²) in [5, 5.41) is 9.60. The fourth-order valence-corrected chi connectivity index (χ4v) is 3.97. The topological polar surface area (TPSA) is 73.7 Å². The van der Waals surface area contributed by atoms with Gasteiger partial charge in [0.25, 0.3) is 5.91 Å². The van der Waals surface area contributed by atoms with E-state index in [0.29, 0.717) is 44.1 Å². The second-order valence-corrected chi connectivity index (χ2v) is 8.50. The van der Waals surface area contributed by atoms with Gasteiger partial charge in [-0.15, -0.1) is 0 Å². The first-order chi connectivity index (χ1) is 14.5. The minimum Gasteiger partial charge on any atom is -0.380 e. The summed E-state index contributed by atoms with van der Waals surface area (Å²) < 4.78 is 38.7. The van der Waals surface area contributed by atoms with Crippen LogP contribution >= 0.6 is 0 Å². The zero-order chi connectivity index (χ0) is 22.8. The number of rotatable bonds is 4. The molecule has 1 atom stereocenters. The van der Waals surface area contributed by atoms with Gasteiger partial charge in [0.15, 0.2) is 5.60 Å². The number of aliphatic hydroxyl groups is 1. The number of aromatic nitrogens is 1. The summed E-state index contributed by atoms with van der Waals surface area (Å²) >= 11 is 0. The summed E-state index contributed by atoms with van der Waals surface area (Å²) in [4.78, 5) is 33.1. The van der Waals surface area contributed by atoms with Crippen LogP contribution in [0.4, 0.5) is 13.2 Å². The van der Waals surface area contributed by atoms with Gasteiger partial charge in [-0.25, -0.2) is 0 Å². The molecule has 0 aliphatic carbocycles. The van der Waals surface area contributed by atoms with Crippen LogP contribution in [0.1, 0.15) is 60.3 Å². The monoisotopic (exact) mass is 439 g/mol. The molecule has 1 saturated heterocycles. The molecule has 31 heavy (non-hydrogen) atoms. The van der Waals surface area contributed by atoms with Gasteiger partial charge in [-0.2, -0.15) is 13.2 Å². The Morgan fingerprint density at radius 1 is 1.13 bits per heavy atom. The van der Waals surface area contributed by atoms with Crippen LogP contribution in [0.5, 0.6) is 0 Å². The third-order valence-electron chi connectivity index (χ3n) is 5.98. The Morgan fingerprint density at radius 2 is 1.81 bits per heavy atom. The Bertz CT molecular complexity index is 859. The average molecular weight is 439 g/mol. The number of hydrogen-bond donors (Lipinski definition) is 1. The molecule has 0 saturated carbocycles. The van der Waals surface area contributed by atoms with Gasteiger partial charge < -0.3 is 14.9 Å². The lowest BCUT2D eigenvalue weighted by Gasteiger charge is -2.35. The van der Waals surface area contributed by atoms with Crippen LogP contribution in [0.2, 0.25) is 0 Å². The standard InChI is InChI=1S/C22H28F3N3O3/c1-15-6-7-17(20(30)28-10-4-3-5-11-28)19(26-15)16-8-12-27(13-9-16)18(29)14-21(2,31)22(23,24)25/h3-4,6-7,16,31H,5,8-14H2,1-2H3. The SMILES string of the molecule is Cc1ccc(C(=O)N2CC=CCC2)c(C2CCN(C(=O)CC(C)(O)C(F)(F)F)CC2)n1. The largest absolute Gasteiger partial charge is 0.417 e. The molecule has 170 valence electrons. The van der Waals surface area contributed by atoms with E-state index in [4.69, 9.17) is 0 Å². The van der Waals surface area contributed by atoms with Crippen LogP contribution in [0.25, 0.3) is 0 Å². The van der Waals surface area contributed by atoms with Crippen molar-refractivity contribution in [1.82, 2.24) is 14.8 Å². The molecule has 2 aliphatic heterocycles. The summed E-state index contributed by atoms with van der Waals surface area (Å²) in [6.45, 7) is 4.18. The molecule has 0 spiro atoms. The number of pyridine rings is 1.